The third kappa shape index (κ3) is 17.3. The van der Waals surface area contributed by atoms with Crippen LogP contribution in [0.15, 0.2) is 24.3 Å². The second kappa shape index (κ2) is 19.4. The number of primary amides is 1. The van der Waals surface area contributed by atoms with Crippen LogP contribution in [0.5, 0.6) is 5.75 Å². The van der Waals surface area contributed by atoms with Gasteiger partial charge in [-0.05, 0) is 55.7 Å². The monoisotopic (exact) mass is 612 g/mol. The van der Waals surface area contributed by atoms with Crippen LogP contribution < -0.4 is 26.2 Å². The van der Waals surface area contributed by atoms with Gasteiger partial charge in [0.25, 0.3) is 0 Å². The number of rotatable bonds is 16. The molecule has 1 rings (SSSR count). The Morgan fingerprint density at radius 2 is 1.57 bits per heavy atom. The first-order chi connectivity index (χ1) is 19.5. The normalized spacial score (nSPS) is 13.6. The van der Waals surface area contributed by atoms with Crippen LogP contribution in [0, 0.1) is 11.3 Å². The van der Waals surface area contributed by atoms with E-state index in [0.717, 1.165) is 31.2 Å². The fourth-order valence-corrected chi connectivity index (χ4v) is 5.08. The molecule has 7 N–H and O–H groups in total. The molecule has 0 fully saturated rings. The number of carbonyl (C=O) groups excluding carboxylic acids is 4. The van der Waals surface area contributed by atoms with Gasteiger partial charge in [0, 0.05) is 18.4 Å². The van der Waals surface area contributed by atoms with Crippen molar-refractivity contribution in [3.05, 3.63) is 29.8 Å². The maximum atomic E-state index is 13.6. The van der Waals surface area contributed by atoms with Gasteiger partial charge in [0.05, 0.1) is 0 Å². The molecule has 0 bridgehead atoms. The van der Waals surface area contributed by atoms with Crippen LogP contribution in [0.2, 0.25) is 0 Å². The Balaban J connectivity index is 0.00000535. The van der Waals surface area contributed by atoms with Crippen molar-refractivity contribution in [2.45, 2.75) is 118 Å². The van der Waals surface area contributed by atoms with Crippen molar-refractivity contribution in [1.82, 2.24) is 16.0 Å². The van der Waals surface area contributed by atoms with E-state index in [1.54, 1.807) is 24.3 Å². The number of unbranched alkanes of at least 4 members (excludes halogenated alkanes) is 2. The number of nitrogens with one attached hydrogen (secondary N) is 3. The maximum absolute atomic E-state index is 13.6. The van der Waals surface area contributed by atoms with Gasteiger partial charge in [0.1, 0.15) is 17.8 Å². The van der Waals surface area contributed by atoms with Gasteiger partial charge >= 0.3 is 8.60 Å². The first kappa shape index (κ1) is 39.2. The summed E-state index contributed by atoms with van der Waals surface area (Å²) >= 11 is 0. The Hall–Kier alpha value is -2.75. The third-order valence-corrected chi connectivity index (χ3v) is 6.81. The van der Waals surface area contributed by atoms with Crippen LogP contribution in [0.25, 0.3) is 0 Å². The number of nitrogens with two attached hydrogens (primary N) is 1. The van der Waals surface area contributed by atoms with E-state index in [2.05, 4.69) is 49.4 Å². The average Bonchev–Trinajstić information content (AvgIpc) is 2.85. The topological polar surface area (TPSA) is 180 Å². The van der Waals surface area contributed by atoms with Crippen molar-refractivity contribution in [1.29, 1.82) is 0 Å². The number of amides is 4. The fourth-order valence-electron chi connectivity index (χ4n) is 4.76. The molecule has 0 aliphatic rings. The van der Waals surface area contributed by atoms with Gasteiger partial charge in [-0.2, -0.15) is 0 Å². The molecule has 11 nitrogen and oxygen atoms in total. The lowest BCUT2D eigenvalue weighted by atomic mass is 9.81. The van der Waals surface area contributed by atoms with Gasteiger partial charge in [-0.1, -0.05) is 72.9 Å². The molecular weight excluding hydrogens is 559 g/mol. The van der Waals surface area contributed by atoms with Crippen molar-refractivity contribution in [2.75, 3.05) is 0 Å². The third-order valence-electron chi connectivity index (χ3n) is 6.44. The molecule has 240 valence electrons. The first-order valence-electron chi connectivity index (χ1n) is 14.5. The average molecular weight is 613 g/mol. The summed E-state index contributed by atoms with van der Waals surface area (Å²) in [7, 11) is -2.53. The van der Waals surface area contributed by atoms with E-state index in [9.17, 15) is 14.4 Å². The lowest BCUT2D eigenvalue weighted by molar-refractivity contribution is -0.133. The van der Waals surface area contributed by atoms with Crippen molar-refractivity contribution < 1.29 is 33.5 Å². The molecule has 0 saturated heterocycles. The summed E-state index contributed by atoms with van der Waals surface area (Å²) in [5.41, 5.74) is 4.45. The second-order valence-corrected chi connectivity index (χ2v) is 13.1. The summed E-state index contributed by atoms with van der Waals surface area (Å²) in [5.74, 6) is -0.728. The molecule has 1 aromatic rings. The molecule has 0 aliphatic heterocycles. The number of hydrogen-bond acceptors (Lipinski definition) is 7. The standard InChI is InChI=1S/C29H50N3O6P.CH3NO/c1-9-11-12-13-24(33)30-23(18-21-14-16-22(17-15-21)38-39(36)37)26(34)31-25(20(3)10-2)27(35)32-29(7,8)19-28(4,5)6;2-1-3/h14-17,20,23,25,36-37H,9-13,18-19H2,1-8H3,(H,30,33)(H,31,34)(H,32,35);1H,(H2,2,3). The smallest absolute Gasteiger partial charge is 0.391 e. The molecule has 0 aromatic heterocycles. The van der Waals surface area contributed by atoms with Gasteiger partial charge in [0.2, 0.25) is 24.1 Å². The van der Waals surface area contributed by atoms with E-state index in [-0.39, 0.29) is 41.7 Å². The predicted molar refractivity (Wildman–Crippen MR) is 166 cm³/mol. The highest BCUT2D eigenvalue weighted by Crippen LogP contribution is 2.29. The molecule has 42 heavy (non-hydrogen) atoms. The first-order valence-corrected chi connectivity index (χ1v) is 15.7. The summed E-state index contributed by atoms with van der Waals surface area (Å²) < 4.78 is 4.91. The summed E-state index contributed by atoms with van der Waals surface area (Å²) in [5, 5.41) is 8.92. The molecule has 0 radical (unpaired) electrons. The van der Waals surface area contributed by atoms with E-state index >= 15 is 0 Å². The molecule has 1 aromatic carbocycles. The Bertz CT molecular complexity index is 965. The van der Waals surface area contributed by atoms with E-state index < -0.39 is 32.1 Å². The van der Waals surface area contributed by atoms with E-state index in [4.69, 9.17) is 19.1 Å². The minimum absolute atomic E-state index is 0.00985. The maximum Gasteiger partial charge on any atom is 0.391 e. The fraction of sp³-hybridized carbons (Fsp3) is 0.667. The molecule has 0 spiro atoms. The van der Waals surface area contributed by atoms with Crippen molar-refractivity contribution >= 4 is 32.7 Å². The predicted octanol–water partition coefficient (Wildman–Crippen LogP) is 3.85. The SMILES string of the molecule is CCCCCC(=O)NC(Cc1ccc(OP(O)O)cc1)C(=O)NC(C(=O)NC(C)(C)CC(C)(C)C)C(C)CC.NC=O. The Labute approximate surface area is 252 Å². The molecule has 3 atom stereocenters. The highest BCUT2D eigenvalue weighted by Gasteiger charge is 2.34. The van der Waals surface area contributed by atoms with Gasteiger partial charge in [-0.25, -0.2) is 0 Å². The van der Waals surface area contributed by atoms with Crippen LogP contribution in [0.1, 0.15) is 99.5 Å². The molecule has 0 aliphatic carbocycles. The van der Waals surface area contributed by atoms with Gasteiger partial charge in [-0.15, -0.1) is 0 Å². The van der Waals surface area contributed by atoms with Crippen LogP contribution in [0.3, 0.4) is 0 Å². The zero-order valence-corrected chi connectivity index (χ0v) is 27.4. The lowest BCUT2D eigenvalue weighted by Crippen LogP contribution is -2.59. The molecule has 4 amide bonds. The Morgan fingerprint density at radius 1 is 1.00 bits per heavy atom. The quantitative estimate of drug-likeness (QED) is 0.0932. The minimum atomic E-state index is -2.53. The molecule has 3 unspecified atom stereocenters. The van der Waals surface area contributed by atoms with Crippen LogP contribution in [-0.4, -0.2) is 51.5 Å². The van der Waals surface area contributed by atoms with Crippen LogP contribution in [0.4, 0.5) is 0 Å². The summed E-state index contributed by atoms with van der Waals surface area (Å²) in [6.45, 7) is 16.3. The molecule has 12 heteroatoms. The van der Waals surface area contributed by atoms with E-state index in [1.165, 1.54) is 0 Å². The van der Waals surface area contributed by atoms with Gasteiger partial charge in [0.15, 0.2) is 0 Å². The molecular formula is C30H53N4O7P. The highest BCUT2D eigenvalue weighted by molar-refractivity contribution is 7.39. The van der Waals surface area contributed by atoms with E-state index in [0.29, 0.717) is 12.8 Å². The summed E-state index contributed by atoms with van der Waals surface area (Å²) in [6.07, 6.45) is 4.84. The second-order valence-electron chi connectivity index (χ2n) is 12.4. The lowest BCUT2D eigenvalue weighted by Gasteiger charge is -2.36. The number of hydrogen-bond donors (Lipinski definition) is 6. The Morgan fingerprint density at radius 3 is 2.05 bits per heavy atom. The number of benzene rings is 1. The molecule has 0 saturated carbocycles. The van der Waals surface area contributed by atoms with Crippen molar-refractivity contribution in [3.8, 4) is 5.75 Å². The summed E-state index contributed by atoms with van der Waals surface area (Å²) in [6, 6.07) is 4.90. The van der Waals surface area contributed by atoms with Crippen LogP contribution in [-0.2, 0) is 25.6 Å². The van der Waals surface area contributed by atoms with E-state index in [1.807, 2.05) is 27.7 Å². The molecule has 0 heterocycles. The van der Waals surface area contributed by atoms with Gasteiger partial charge in [-0.3, -0.25) is 19.2 Å². The van der Waals surface area contributed by atoms with Crippen molar-refractivity contribution in [2.24, 2.45) is 17.1 Å². The van der Waals surface area contributed by atoms with Gasteiger partial charge < -0.3 is 36.0 Å². The van der Waals surface area contributed by atoms with Crippen LogP contribution >= 0.6 is 8.60 Å². The summed E-state index contributed by atoms with van der Waals surface area (Å²) in [4.78, 5) is 66.4. The number of carbonyl (C=O) groups is 4. The highest BCUT2D eigenvalue weighted by atomic mass is 31.2. The largest absolute Gasteiger partial charge is 0.427 e. The minimum Gasteiger partial charge on any atom is -0.427 e. The zero-order valence-electron chi connectivity index (χ0n) is 26.5. The zero-order chi connectivity index (χ0) is 32.5. The Kier molecular flexibility index (Phi) is 18.2. The van der Waals surface area contributed by atoms with Crippen molar-refractivity contribution in [3.63, 3.8) is 0 Å².